The van der Waals surface area contributed by atoms with Gasteiger partial charge in [0.1, 0.15) is 5.69 Å². The predicted molar refractivity (Wildman–Crippen MR) is 109 cm³/mol. The van der Waals surface area contributed by atoms with Gasteiger partial charge in [-0.05, 0) is 30.5 Å². The first-order valence-corrected chi connectivity index (χ1v) is 10.5. The number of amides is 1. The van der Waals surface area contributed by atoms with Crippen molar-refractivity contribution >= 4 is 46.8 Å². The first kappa shape index (κ1) is 21.0. The van der Waals surface area contributed by atoms with Crippen molar-refractivity contribution in [1.82, 2.24) is 20.2 Å². The second-order valence-electron chi connectivity index (χ2n) is 6.56. The number of halogens is 2. The Morgan fingerprint density at radius 3 is 2.68 bits per heavy atom. The van der Waals surface area contributed by atoms with Crippen LogP contribution in [0.3, 0.4) is 0 Å². The first-order valence-electron chi connectivity index (χ1n) is 8.77. The van der Waals surface area contributed by atoms with E-state index in [1.54, 1.807) is 0 Å². The topological polar surface area (TPSA) is 98.3 Å². The Bertz CT molecular complexity index is 853. The third-order valence-corrected chi connectivity index (χ3v) is 6.09. The number of rotatable bonds is 7. The molecule has 3 N–H and O–H groups in total. The van der Waals surface area contributed by atoms with Gasteiger partial charge >= 0.3 is 5.97 Å². The number of aromatic carboxylic acids is 1. The Balaban J connectivity index is 1.39. The van der Waals surface area contributed by atoms with Gasteiger partial charge in [-0.25, -0.2) is 9.78 Å². The van der Waals surface area contributed by atoms with Crippen molar-refractivity contribution in [2.45, 2.75) is 30.6 Å². The minimum atomic E-state index is -1.07. The van der Waals surface area contributed by atoms with Gasteiger partial charge in [-0.2, -0.15) is 0 Å². The van der Waals surface area contributed by atoms with Gasteiger partial charge in [-0.15, -0.1) is 0 Å². The van der Waals surface area contributed by atoms with Crippen molar-refractivity contribution in [2.75, 3.05) is 18.8 Å². The number of H-pyrrole nitrogens is 1. The normalized spacial score (nSPS) is 15.5. The number of piperidine rings is 1. The average molecular weight is 443 g/mol. The summed E-state index contributed by atoms with van der Waals surface area (Å²) in [5, 5.41) is 13.4. The molecule has 0 saturated carbocycles. The number of carbonyl (C=O) groups excluding carboxylic acids is 1. The molecule has 0 atom stereocenters. The number of carboxylic acid groups (broad SMARTS) is 1. The molecule has 0 aliphatic carbocycles. The van der Waals surface area contributed by atoms with Crippen molar-refractivity contribution in [2.24, 2.45) is 0 Å². The summed E-state index contributed by atoms with van der Waals surface area (Å²) in [6, 6.07) is 5.81. The lowest BCUT2D eigenvalue weighted by molar-refractivity contribution is -0.119. The van der Waals surface area contributed by atoms with Crippen LogP contribution < -0.4 is 5.32 Å². The molecule has 1 aliphatic rings. The van der Waals surface area contributed by atoms with Crippen LogP contribution in [0.25, 0.3) is 0 Å². The highest BCUT2D eigenvalue weighted by molar-refractivity contribution is 7.99. The van der Waals surface area contributed by atoms with Crippen LogP contribution in [0, 0.1) is 0 Å². The monoisotopic (exact) mass is 442 g/mol. The van der Waals surface area contributed by atoms with E-state index < -0.39 is 5.97 Å². The average Bonchev–Trinajstić information content (AvgIpc) is 3.14. The molecule has 1 aliphatic heterocycles. The van der Waals surface area contributed by atoms with Crippen molar-refractivity contribution in [3.05, 3.63) is 45.7 Å². The van der Waals surface area contributed by atoms with E-state index in [1.165, 1.54) is 18.0 Å². The summed E-state index contributed by atoms with van der Waals surface area (Å²) in [4.78, 5) is 31.9. The summed E-state index contributed by atoms with van der Waals surface area (Å²) in [6.45, 7) is 2.58. The van der Waals surface area contributed by atoms with Gasteiger partial charge in [0.05, 0.1) is 22.0 Å². The Morgan fingerprint density at radius 2 is 2.04 bits per heavy atom. The largest absolute Gasteiger partial charge is 0.477 e. The minimum Gasteiger partial charge on any atom is -0.477 e. The molecule has 10 heteroatoms. The van der Waals surface area contributed by atoms with E-state index in [0.717, 1.165) is 38.0 Å². The number of benzene rings is 1. The second-order valence-corrected chi connectivity index (χ2v) is 8.34. The van der Waals surface area contributed by atoms with E-state index >= 15 is 0 Å². The lowest BCUT2D eigenvalue weighted by Crippen LogP contribution is -2.44. The molecule has 1 fully saturated rings. The van der Waals surface area contributed by atoms with Gasteiger partial charge in [-0.1, -0.05) is 41.0 Å². The fraction of sp³-hybridized carbons (Fsp3) is 0.389. The molecular weight excluding hydrogens is 423 g/mol. The first-order chi connectivity index (χ1) is 13.4. The third kappa shape index (κ3) is 5.88. The van der Waals surface area contributed by atoms with Crippen molar-refractivity contribution in [1.29, 1.82) is 0 Å². The standard InChI is InChI=1S/C18H20Cl2N4O3S/c19-13-2-1-11(7-14(13)20)9-24-5-3-12(4-6-24)22-16(25)10-28-18-21-8-15(23-18)17(26)27/h1-2,7-8,12H,3-6,9-10H2,(H,21,23)(H,22,25)(H,26,27). The number of thioether (sulfide) groups is 1. The van der Waals surface area contributed by atoms with E-state index in [-0.39, 0.29) is 23.4 Å². The molecular formula is C18H20Cl2N4O3S. The molecule has 0 radical (unpaired) electrons. The van der Waals surface area contributed by atoms with E-state index in [1.807, 2.05) is 18.2 Å². The number of imidazole rings is 1. The Labute approximate surface area is 176 Å². The number of nitrogens with zero attached hydrogens (tertiary/aromatic N) is 2. The molecule has 150 valence electrons. The molecule has 7 nitrogen and oxygen atoms in total. The van der Waals surface area contributed by atoms with Gasteiger partial charge in [0, 0.05) is 25.7 Å². The molecule has 1 aromatic carbocycles. The number of hydrogen-bond donors (Lipinski definition) is 3. The van der Waals surface area contributed by atoms with Crippen LogP contribution in [-0.2, 0) is 11.3 Å². The highest BCUT2D eigenvalue weighted by atomic mass is 35.5. The second kappa shape index (κ2) is 9.65. The number of likely N-dealkylation sites (tertiary alicyclic amines) is 1. The number of carboxylic acids is 1. The zero-order valence-electron chi connectivity index (χ0n) is 15.0. The Kier molecular flexibility index (Phi) is 7.23. The van der Waals surface area contributed by atoms with Crippen LogP contribution >= 0.6 is 35.0 Å². The number of nitrogens with one attached hydrogen (secondary N) is 2. The van der Waals surface area contributed by atoms with E-state index in [4.69, 9.17) is 28.3 Å². The van der Waals surface area contributed by atoms with Gasteiger partial charge in [-0.3, -0.25) is 9.69 Å². The molecule has 0 unspecified atom stereocenters. The Morgan fingerprint density at radius 1 is 1.29 bits per heavy atom. The summed E-state index contributed by atoms with van der Waals surface area (Å²) in [7, 11) is 0. The van der Waals surface area contributed by atoms with Crippen LogP contribution in [-0.4, -0.2) is 56.7 Å². The van der Waals surface area contributed by atoms with E-state index in [9.17, 15) is 9.59 Å². The predicted octanol–water partition coefficient (Wildman–Crippen LogP) is 3.29. The fourth-order valence-electron chi connectivity index (χ4n) is 3.02. The lowest BCUT2D eigenvalue weighted by Gasteiger charge is -2.32. The maximum Gasteiger partial charge on any atom is 0.353 e. The van der Waals surface area contributed by atoms with Crippen LogP contribution in [0.4, 0.5) is 0 Å². The van der Waals surface area contributed by atoms with E-state index in [2.05, 4.69) is 20.2 Å². The molecule has 1 saturated heterocycles. The molecule has 2 aromatic rings. The fourth-order valence-corrected chi connectivity index (χ4v) is 4.00. The van der Waals surface area contributed by atoms with Crippen LogP contribution in [0.15, 0.2) is 29.6 Å². The van der Waals surface area contributed by atoms with Gasteiger partial charge in [0.25, 0.3) is 0 Å². The quantitative estimate of drug-likeness (QED) is 0.569. The third-order valence-electron chi connectivity index (χ3n) is 4.47. The Hall–Kier alpha value is -1.74. The summed E-state index contributed by atoms with van der Waals surface area (Å²) in [5.41, 5.74) is 1.13. The number of hydrogen-bond acceptors (Lipinski definition) is 5. The van der Waals surface area contributed by atoms with Crippen molar-refractivity contribution in [3.63, 3.8) is 0 Å². The SMILES string of the molecule is O=C(CSc1ncc(C(=O)O)[nH]1)NC1CCN(Cc2ccc(Cl)c(Cl)c2)CC1. The lowest BCUT2D eigenvalue weighted by atomic mass is 10.0. The smallest absolute Gasteiger partial charge is 0.353 e. The summed E-state index contributed by atoms with van der Waals surface area (Å²) in [5.74, 6) is -0.964. The molecule has 28 heavy (non-hydrogen) atoms. The van der Waals surface area contributed by atoms with Crippen molar-refractivity contribution in [3.8, 4) is 0 Å². The molecule has 2 heterocycles. The number of aromatic nitrogens is 2. The maximum absolute atomic E-state index is 12.1. The zero-order chi connectivity index (χ0) is 20.1. The maximum atomic E-state index is 12.1. The number of aromatic amines is 1. The molecule has 3 rings (SSSR count). The van der Waals surface area contributed by atoms with Gasteiger partial charge < -0.3 is 15.4 Å². The van der Waals surface area contributed by atoms with Crippen LogP contribution in [0.2, 0.25) is 10.0 Å². The van der Waals surface area contributed by atoms with Gasteiger partial charge in [0.15, 0.2) is 5.16 Å². The van der Waals surface area contributed by atoms with Gasteiger partial charge in [0.2, 0.25) is 5.91 Å². The molecule has 0 bridgehead atoms. The van der Waals surface area contributed by atoms with E-state index in [0.29, 0.717) is 15.2 Å². The highest BCUT2D eigenvalue weighted by Gasteiger charge is 2.21. The molecule has 1 aromatic heterocycles. The molecule has 0 spiro atoms. The van der Waals surface area contributed by atoms with Crippen molar-refractivity contribution < 1.29 is 14.7 Å². The number of carbonyl (C=O) groups is 2. The summed E-state index contributed by atoms with van der Waals surface area (Å²) >= 11 is 13.2. The molecule has 1 amide bonds. The zero-order valence-corrected chi connectivity index (χ0v) is 17.3. The minimum absolute atomic E-state index is 0.0113. The summed E-state index contributed by atoms with van der Waals surface area (Å²) in [6.07, 6.45) is 3.00. The highest BCUT2D eigenvalue weighted by Crippen LogP contribution is 2.24. The van der Waals surface area contributed by atoms with Crippen LogP contribution in [0.1, 0.15) is 28.9 Å². The summed E-state index contributed by atoms with van der Waals surface area (Å²) < 4.78 is 0. The van der Waals surface area contributed by atoms with Crippen LogP contribution in [0.5, 0.6) is 0 Å².